The average Bonchev–Trinajstić information content (AvgIpc) is 2.71. The van der Waals surface area contributed by atoms with E-state index >= 15 is 0 Å². The van der Waals surface area contributed by atoms with Crippen LogP contribution < -0.4 is 0 Å². The van der Waals surface area contributed by atoms with Crippen LogP contribution >= 0.6 is 15.9 Å². The van der Waals surface area contributed by atoms with E-state index < -0.39 is 0 Å². The molecule has 1 aliphatic carbocycles. The van der Waals surface area contributed by atoms with Gasteiger partial charge in [-0.1, -0.05) is 58.6 Å². The van der Waals surface area contributed by atoms with Crippen LogP contribution in [0.2, 0.25) is 0 Å². The van der Waals surface area contributed by atoms with Crippen LogP contribution in [0.3, 0.4) is 0 Å². The molecule has 0 aromatic heterocycles. The summed E-state index contributed by atoms with van der Waals surface area (Å²) in [5, 5.41) is 1.16. The fourth-order valence-corrected chi connectivity index (χ4v) is 3.38. The fraction of sp³-hybridized carbons (Fsp3) is 0.571. The van der Waals surface area contributed by atoms with Gasteiger partial charge >= 0.3 is 0 Å². The molecule has 0 N–H and O–H groups in total. The largest absolute Gasteiger partial charge is 0.0922 e. The van der Waals surface area contributed by atoms with E-state index in [1.165, 1.54) is 43.2 Å². The molecule has 0 spiro atoms. The van der Waals surface area contributed by atoms with Crippen LogP contribution in [0.25, 0.3) is 0 Å². The lowest BCUT2D eigenvalue weighted by molar-refractivity contribution is 0.346. The molecule has 15 heavy (non-hydrogen) atoms. The van der Waals surface area contributed by atoms with E-state index in [4.69, 9.17) is 0 Å². The van der Waals surface area contributed by atoms with E-state index in [0.717, 1.165) is 5.33 Å². The molecule has 1 aromatic rings. The van der Waals surface area contributed by atoms with E-state index in [9.17, 15) is 0 Å². The van der Waals surface area contributed by atoms with Crippen molar-refractivity contribution in [2.45, 2.75) is 39.0 Å². The van der Waals surface area contributed by atoms with Crippen LogP contribution in [0, 0.1) is 12.3 Å². The molecule has 0 aliphatic heterocycles. The van der Waals surface area contributed by atoms with E-state index in [2.05, 4.69) is 47.1 Å². The Labute approximate surface area is 101 Å². The summed E-state index contributed by atoms with van der Waals surface area (Å²) in [5.74, 6) is 0. The first-order valence-electron chi connectivity index (χ1n) is 5.86. The number of halogens is 1. The standard InChI is InChI=1S/C14H19Br/c1-12-4-6-13(7-5-12)10-14(11-15)8-2-3-9-14/h4-7H,2-3,8-11H2,1H3. The summed E-state index contributed by atoms with van der Waals surface area (Å²) in [4.78, 5) is 0. The summed E-state index contributed by atoms with van der Waals surface area (Å²) < 4.78 is 0. The van der Waals surface area contributed by atoms with Gasteiger partial charge in [0.15, 0.2) is 0 Å². The Kier molecular flexibility index (Phi) is 3.50. The predicted molar refractivity (Wildman–Crippen MR) is 69.6 cm³/mol. The normalized spacial score (nSPS) is 19.3. The van der Waals surface area contributed by atoms with Gasteiger partial charge in [-0.3, -0.25) is 0 Å². The van der Waals surface area contributed by atoms with Crippen molar-refractivity contribution in [2.24, 2.45) is 5.41 Å². The maximum absolute atomic E-state index is 3.71. The van der Waals surface area contributed by atoms with Gasteiger partial charge < -0.3 is 0 Å². The second-order valence-electron chi connectivity index (χ2n) is 5.00. The van der Waals surface area contributed by atoms with Crippen LogP contribution in [0.4, 0.5) is 0 Å². The number of hydrogen-bond donors (Lipinski definition) is 0. The summed E-state index contributed by atoms with van der Waals surface area (Å²) in [6, 6.07) is 9.04. The SMILES string of the molecule is Cc1ccc(CC2(CBr)CCCC2)cc1. The maximum atomic E-state index is 3.71. The molecular weight excluding hydrogens is 248 g/mol. The molecule has 0 amide bonds. The van der Waals surface area contributed by atoms with E-state index in [-0.39, 0.29) is 0 Å². The lowest BCUT2D eigenvalue weighted by Gasteiger charge is -2.26. The van der Waals surface area contributed by atoms with Crippen molar-refractivity contribution in [3.05, 3.63) is 35.4 Å². The maximum Gasteiger partial charge on any atom is 0.00911 e. The molecule has 0 nitrogen and oxygen atoms in total. The topological polar surface area (TPSA) is 0 Å². The molecule has 0 unspecified atom stereocenters. The van der Waals surface area contributed by atoms with Crippen molar-refractivity contribution in [3.8, 4) is 0 Å². The Morgan fingerprint density at radius 2 is 1.73 bits per heavy atom. The Morgan fingerprint density at radius 1 is 1.13 bits per heavy atom. The summed E-state index contributed by atoms with van der Waals surface area (Å²) in [7, 11) is 0. The minimum Gasteiger partial charge on any atom is -0.0922 e. The van der Waals surface area contributed by atoms with Gasteiger partial charge in [-0.2, -0.15) is 0 Å². The van der Waals surface area contributed by atoms with Gasteiger partial charge in [-0.25, -0.2) is 0 Å². The highest BCUT2D eigenvalue weighted by molar-refractivity contribution is 9.09. The zero-order valence-electron chi connectivity index (χ0n) is 9.43. The van der Waals surface area contributed by atoms with E-state index in [0.29, 0.717) is 5.41 Å². The Hall–Kier alpha value is -0.300. The van der Waals surface area contributed by atoms with Gasteiger partial charge in [-0.05, 0) is 37.2 Å². The number of alkyl halides is 1. The first kappa shape index (κ1) is 11.2. The van der Waals surface area contributed by atoms with Crippen LogP contribution in [0.15, 0.2) is 24.3 Å². The lowest BCUT2D eigenvalue weighted by atomic mass is 9.82. The van der Waals surface area contributed by atoms with Crippen LogP contribution in [0.1, 0.15) is 36.8 Å². The summed E-state index contributed by atoms with van der Waals surface area (Å²) in [5.41, 5.74) is 3.41. The molecule has 0 saturated heterocycles. The monoisotopic (exact) mass is 266 g/mol. The Bertz CT molecular complexity index is 307. The van der Waals surface area contributed by atoms with Crippen molar-refractivity contribution in [1.82, 2.24) is 0 Å². The van der Waals surface area contributed by atoms with E-state index in [1.807, 2.05) is 0 Å². The zero-order valence-corrected chi connectivity index (χ0v) is 11.0. The second-order valence-corrected chi connectivity index (χ2v) is 5.56. The molecule has 0 bridgehead atoms. The number of benzene rings is 1. The molecule has 2 rings (SSSR count). The smallest absolute Gasteiger partial charge is 0.00911 e. The molecule has 82 valence electrons. The molecule has 1 aromatic carbocycles. The van der Waals surface area contributed by atoms with E-state index in [1.54, 1.807) is 0 Å². The summed E-state index contributed by atoms with van der Waals surface area (Å²) in [6.07, 6.45) is 6.87. The molecule has 1 fully saturated rings. The third kappa shape index (κ3) is 2.63. The van der Waals surface area contributed by atoms with Gasteiger partial charge in [0.25, 0.3) is 0 Å². The van der Waals surface area contributed by atoms with Crippen molar-refractivity contribution >= 4 is 15.9 Å². The van der Waals surface area contributed by atoms with Crippen molar-refractivity contribution < 1.29 is 0 Å². The van der Waals surface area contributed by atoms with Crippen LogP contribution in [-0.4, -0.2) is 5.33 Å². The first-order valence-corrected chi connectivity index (χ1v) is 6.98. The van der Waals surface area contributed by atoms with Crippen LogP contribution in [-0.2, 0) is 6.42 Å². The number of hydrogen-bond acceptors (Lipinski definition) is 0. The minimum absolute atomic E-state index is 0.551. The van der Waals surface area contributed by atoms with Crippen molar-refractivity contribution in [1.29, 1.82) is 0 Å². The van der Waals surface area contributed by atoms with Gasteiger partial charge in [0.1, 0.15) is 0 Å². The highest BCUT2D eigenvalue weighted by atomic mass is 79.9. The minimum atomic E-state index is 0.551. The highest BCUT2D eigenvalue weighted by Crippen LogP contribution is 2.42. The van der Waals surface area contributed by atoms with Gasteiger partial charge in [-0.15, -0.1) is 0 Å². The molecule has 1 saturated carbocycles. The molecule has 1 heteroatoms. The van der Waals surface area contributed by atoms with Gasteiger partial charge in [0.2, 0.25) is 0 Å². The number of rotatable bonds is 3. The zero-order chi connectivity index (χ0) is 10.7. The third-order valence-electron chi connectivity index (χ3n) is 3.65. The van der Waals surface area contributed by atoms with Crippen molar-refractivity contribution in [3.63, 3.8) is 0 Å². The third-order valence-corrected chi connectivity index (χ3v) is 4.84. The fourth-order valence-electron chi connectivity index (χ4n) is 2.62. The molecule has 0 radical (unpaired) electrons. The number of aryl methyl sites for hydroxylation is 1. The lowest BCUT2D eigenvalue weighted by Crippen LogP contribution is -2.21. The second kappa shape index (κ2) is 4.69. The van der Waals surface area contributed by atoms with Crippen molar-refractivity contribution in [2.75, 3.05) is 5.33 Å². The molecular formula is C14H19Br. The molecule has 1 aliphatic rings. The Morgan fingerprint density at radius 3 is 2.27 bits per heavy atom. The van der Waals surface area contributed by atoms with Gasteiger partial charge in [0.05, 0.1) is 0 Å². The first-order chi connectivity index (χ1) is 7.24. The predicted octanol–water partition coefficient (Wildman–Crippen LogP) is 4.49. The average molecular weight is 267 g/mol. The van der Waals surface area contributed by atoms with Gasteiger partial charge in [0, 0.05) is 5.33 Å². The summed E-state index contributed by atoms with van der Waals surface area (Å²) in [6.45, 7) is 2.15. The van der Waals surface area contributed by atoms with Crippen LogP contribution in [0.5, 0.6) is 0 Å². The quantitative estimate of drug-likeness (QED) is 0.708. The summed E-state index contributed by atoms with van der Waals surface area (Å²) >= 11 is 3.71. The Balaban J connectivity index is 2.09. The molecule has 0 heterocycles. The highest BCUT2D eigenvalue weighted by Gasteiger charge is 2.32. The molecule has 0 atom stereocenters.